The lowest BCUT2D eigenvalue weighted by Gasteiger charge is -2.13. The van der Waals surface area contributed by atoms with E-state index in [1.165, 1.54) is 12.1 Å². The summed E-state index contributed by atoms with van der Waals surface area (Å²) in [5, 5.41) is 11.0. The van der Waals surface area contributed by atoms with Gasteiger partial charge in [0.15, 0.2) is 6.61 Å². The first kappa shape index (κ1) is 27.1. The second-order valence-corrected chi connectivity index (χ2v) is 9.63. The third kappa shape index (κ3) is 7.32. The molecule has 0 saturated heterocycles. The van der Waals surface area contributed by atoms with E-state index < -0.39 is 24.3 Å². The van der Waals surface area contributed by atoms with Crippen LogP contribution in [0, 0.1) is 6.92 Å². The summed E-state index contributed by atoms with van der Waals surface area (Å²) in [6, 6.07) is 24.3. The van der Waals surface area contributed by atoms with Gasteiger partial charge in [-0.3, -0.25) is 0 Å². The van der Waals surface area contributed by atoms with Gasteiger partial charge in [-0.2, -0.15) is 13.2 Å². The van der Waals surface area contributed by atoms with Crippen molar-refractivity contribution in [1.29, 1.82) is 0 Å². The second kappa shape index (κ2) is 12.1. The van der Waals surface area contributed by atoms with Crippen molar-refractivity contribution in [2.45, 2.75) is 18.0 Å². The Morgan fingerprint density at radius 2 is 1.66 bits per heavy atom. The van der Waals surface area contributed by atoms with Gasteiger partial charge in [0.25, 0.3) is 0 Å². The number of aliphatic carboxylic acids is 1. The number of halogens is 3. The van der Waals surface area contributed by atoms with Gasteiger partial charge in [0.2, 0.25) is 0 Å². The molecule has 0 bridgehead atoms. The molecule has 4 nitrogen and oxygen atoms in total. The molecule has 0 aliphatic heterocycles. The molecule has 4 aromatic carbocycles. The van der Waals surface area contributed by atoms with Crippen LogP contribution in [0.1, 0.15) is 16.7 Å². The lowest BCUT2D eigenvalue weighted by molar-refractivity contribution is -0.139. The maximum atomic E-state index is 12.9. The second-order valence-electron chi connectivity index (χ2n) is 8.58. The first-order chi connectivity index (χ1) is 18.2. The van der Waals surface area contributed by atoms with Crippen LogP contribution in [0.3, 0.4) is 0 Å². The zero-order valence-electron chi connectivity index (χ0n) is 20.5. The number of hydrogen-bond donors (Lipinski definition) is 1. The van der Waals surface area contributed by atoms with E-state index in [2.05, 4.69) is 6.08 Å². The van der Waals surface area contributed by atoms with Gasteiger partial charge in [0.1, 0.15) is 18.1 Å². The minimum Gasteiger partial charge on any atom is -0.489 e. The van der Waals surface area contributed by atoms with Crippen molar-refractivity contribution in [3.8, 4) is 11.5 Å². The van der Waals surface area contributed by atoms with E-state index in [-0.39, 0.29) is 6.61 Å². The number of hydrogen-bond acceptors (Lipinski definition) is 4. The predicted molar refractivity (Wildman–Crippen MR) is 144 cm³/mol. The summed E-state index contributed by atoms with van der Waals surface area (Å²) in [6.45, 7) is 1.63. The fourth-order valence-electron chi connectivity index (χ4n) is 3.83. The van der Waals surface area contributed by atoms with Crippen molar-refractivity contribution in [3.63, 3.8) is 0 Å². The van der Waals surface area contributed by atoms with Gasteiger partial charge in [0, 0.05) is 10.6 Å². The molecule has 38 heavy (non-hydrogen) atoms. The molecule has 0 heterocycles. The van der Waals surface area contributed by atoms with Gasteiger partial charge < -0.3 is 14.6 Å². The highest BCUT2D eigenvalue weighted by atomic mass is 32.2. The standard InChI is InChI=1S/C30H25F3O4S/c1-20-15-26(13-14-28(20)37-18-29(34)35)38-19-21(16-23-7-4-6-22-5-2-3-8-27(22)23)17-36-25-11-9-24(10-12-25)30(31,32)33/h2-16H,17-19H2,1H3,(H,34,35)/b21-16+. The average molecular weight is 539 g/mol. The number of aryl methyl sites for hydroxylation is 1. The lowest BCUT2D eigenvalue weighted by atomic mass is 10.0. The van der Waals surface area contributed by atoms with Crippen LogP contribution in [0.15, 0.2) is 95.4 Å². The summed E-state index contributed by atoms with van der Waals surface area (Å²) in [7, 11) is 0. The number of fused-ring (bicyclic) bond motifs is 1. The maximum Gasteiger partial charge on any atom is 0.416 e. The smallest absolute Gasteiger partial charge is 0.416 e. The van der Waals surface area contributed by atoms with Crippen molar-refractivity contribution >= 4 is 34.6 Å². The zero-order chi connectivity index (χ0) is 27.1. The number of rotatable bonds is 10. The van der Waals surface area contributed by atoms with Crippen LogP contribution in [0.5, 0.6) is 11.5 Å². The Balaban J connectivity index is 1.54. The molecule has 0 aromatic heterocycles. The largest absolute Gasteiger partial charge is 0.489 e. The Bertz CT molecular complexity index is 1440. The van der Waals surface area contributed by atoms with Crippen LogP contribution < -0.4 is 9.47 Å². The van der Waals surface area contributed by atoms with E-state index in [9.17, 15) is 18.0 Å². The van der Waals surface area contributed by atoms with Crippen molar-refractivity contribution in [2.24, 2.45) is 0 Å². The number of alkyl halides is 3. The Labute approximate surface area is 222 Å². The first-order valence-electron chi connectivity index (χ1n) is 11.7. The highest BCUT2D eigenvalue weighted by Gasteiger charge is 2.30. The molecule has 4 rings (SSSR count). The van der Waals surface area contributed by atoms with E-state index in [4.69, 9.17) is 14.6 Å². The van der Waals surface area contributed by atoms with E-state index in [1.54, 1.807) is 17.8 Å². The fourth-order valence-corrected chi connectivity index (χ4v) is 4.77. The molecule has 4 aromatic rings. The van der Waals surface area contributed by atoms with E-state index in [0.29, 0.717) is 17.3 Å². The number of carbonyl (C=O) groups is 1. The Morgan fingerprint density at radius 1 is 0.921 bits per heavy atom. The molecule has 0 atom stereocenters. The molecule has 0 fully saturated rings. The molecular weight excluding hydrogens is 513 g/mol. The Kier molecular flexibility index (Phi) is 8.63. The lowest BCUT2D eigenvalue weighted by Crippen LogP contribution is -2.10. The van der Waals surface area contributed by atoms with Gasteiger partial charge in [-0.1, -0.05) is 48.5 Å². The highest BCUT2D eigenvalue weighted by Crippen LogP contribution is 2.31. The molecule has 0 aliphatic carbocycles. The minimum absolute atomic E-state index is 0.195. The van der Waals surface area contributed by atoms with Crippen molar-refractivity contribution < 1.29 is 32.5 Å². The molecule has 1 N–H and O–H groups in total. The summed E-state index contributed by atoms with van der Waals surface area (Å²) in [5.74, 6) is 0.383. The summed E-state index contributed by atoms with van der Waals surface area (Å²) < 4.78 is 49.9. The number of carboxylic acids is 1. The Morgan fingerprint density at radius 3 is 2.37 bits per heavy atom. The van der Waals surface area contributed by atoms with Gasteiger partial charge >= 0.3 is 12.1 Å². The minimum atomic E-state index is -4.40. The summed E-state index contributed by atoms with van der Waals surface area (Å²) >= 11 is 1.57. The summed E-state index contributed by atoms with van der Waals surface area (Å²) in [6.07, 6.45) is -2.35. The van der Waals surface area contributed by atoms with Crippen molar-refractivity contribution in [3.05, 3.63) is 107 Å². The normalized spacial score (nSPS) is 11.9. The third-order valence-electron chi connectivity index (χ3n) is 5.71. The molecule has 0 amide bonds. The fraction of sp³-hybridized carbons (Fsp3) is 0.167. The highest BCUT2D eigenvalue weighted by molar-refractivity contribution is 7.99. The molecule has 0 saturated carbocycles. The number of ether oxygens (including phenoxy) is 2. The summed E-state index contributed by atoms with van der Waals surface area (Å²) in [4.78, 5) is 11.7. The van der Waals surface area contributed by atoms with Gasteiger partial charge in [0.05, 0.1) is 5.56 Å². The quantitative estimate of drug-likeness (QED) is 0.208. The van der Waals surface area contributed by atoms with Crippen LogP contribution in [-0.2, 0) is 11.0 Å². The molecule has 8 heteroatoms. The number of benzene rings is 4. The third-order valence-corrected chi connectivity index (χ3v) is 6.81. The van der Waals surface area contributed by atoms with Crippen LogP contribution in [0.25, 0.3) is 16.8 Å². The van der Waals surface area contributed by atoms with E-state index in [0.717, 1.165) is 44.5 Å². The Hall–Kier alpha value is -3.91. The molecule has 0 spiro atoms. The molecular formula is C30H25F3O4S. The maximum absolute atomic E-state index is 12.9. The van der Waals surface area contributed by atoms with Crippen LogP contribution in [0.2, 0.25) is 0 Å². The molecule has 196 valence electrons. The number of carboxylic acid groups (broad SMARTS) is 1. The molecule has 0 aliphatic rings. The SMILES string of the molecule is Cc1cc(SC/C(=C/c2cccc3ccccc23)COc2ccc(C(F)(F)F)cc2)ccc1OCC(=O)O. The molecule has 0 radical (unpaired) electrons. The van der Waals surface area contributed by atoms with E-state index >= 15 is 0 Å². The number of thioether (sulfide) groups is 1. The average Bonchev–Trinajstić information content (AvgIpc) is 2.89. The van der Waals surface area contributed by atoms with Crippen LogP contribution in [0.4, 0.5) is 13.2 Å². The van der Waals surface area contributed by atoms with Gasteiger partial charge in [-0.25, -0.2) is 4.79 Å². The van der Waals surface area contributed by atoms with Gasteiger partial charge in [-0.15, -0.1) is 11.8 Å². The van der Waals surface area contributed by atoms with Crippen molar-refractivity contribution in [1.82, 2.24) is 0 Å². The van der Waals surface area contributed by atoms with Crippen LogP contribution in [-0.4, -0.2) is 30.0 Å². The topological polar surface area (TPSA) is 55.8 Å². The van der Waals surface area contributed by atoms with Crippen LogP contribution >= 0.6 is 11.8 Å². The zero-order valence-corrected chi connectivity index (χ0v) is 21.3. The first-order valence-corrected chi connectivity index (χ1v) is 12.7. The monoisotopic (exact) mass is 538 g/mol. The predicted octanol–water partition coefficient (Wildman–Crippen LogP) is 7.89. The summed E-state index contributed by atoms with van der Waals surface area (Å²) in [5.41, 5.74) is 2.05. The molecule has 0 unspecified atom stereocenters. The van der Waals surface area contributed by atoms with E-state index in [1.807, 2.05) is 61.5 Å². The van der Waals surface area contributed by atoms with Gasteiger partial charge in [-0.05, 0) is 76.9 Å². The van der Waals surface area contributed by atoms with Crippen molar-refractivity contribution in [2.75, 3.05) is 19.0 Å².